The smallest absolute Gasteiger partial charge is 0.152 e. The van der Waals surface area contributed by atoms with E-state index >= 15 is 0 Å². The molecule has 0 unspecified atom stereocenters. The lowest BCUT2D eigenvalue weighted by molar-refractivity contribution is 0.225. The molecule has 7 heteroatoms. The van der Waals surface area contributed by atoms with Crippen molar-refractivity contribution >= 4 is 43.8 Å². The maximum absolute atomic E-state index is 11.2. The van der Waals surface area contributed by atoms with E-state index < -0.39 is 9.84 Å². The Hall–Kier alpha value is 0.830. The van der Waals surface area contributed by atoms with E-state index in [1.165, 1.54) is 6.42 Å². The van der Waals surface area contributed by atoms with Crippen LogP contribution in [0.15, 0.2) is 0 Å². The van der Waals surface area contributed by atoms with E-state index in [0.29, 0.717) is 17.5 Å². The summed E-state index contributed by atoms with van der Waals surface area (Å²) in [5.74, 6) is 0.701. The van der Waals surface area contributed by atoms with Crippen LogP contribution in [0.1, 0.15) is 6.42 Å². The van der Waals surface area contributed by atoms with Crippen molar-refractivity contribution in [2.75, 3.05) is 37.7 Å². The molecule has 0 saturated carbocycles. The average Bonchev–Trinajstić information content (AvgIpc) is 2.56. The molecule has 1 atom stereocenters. The van der Waals surface area contributed by atoms with E-state index in [1.54, 1.807) is 0 Å². The molecule has 2 heterocycles. The van der Waals surface area contributed by atoms with Crippen LogP contribution in [0.3, 0.4) is 0 Å². The predicted octanol–water partition coefficient (Wildman–Crippen LogP) is 0.234. The largest absolute Gasteiger partial charge is 0.315 e. The standard InChI is InChI=1S/C8H16N2O2S.2BrH/c11-13(12)5-3-10(4-6-13)8-1-2-9-7-8;;/h8-9H,1-7H2;2*1H/t8-;;/m0../s1. The Morgan fingerprint density at radius 2 is 1.73 bits per heavy atom. The van der Waals surface area contributed by atoms with Crippen LogP contribution >= 0.6 is 34.0 Å². The Morgan fingerprint density at radius 1 is 1.13 bits per heavy atom. The lowest BCUT2D eigenvalue weighted by atomic mass is 10.2. The lowest BCUT2D eigenvalue weighted by Gasteiger charge is -2.31. The topological polar surface area (TPSA) is 49.4 Å². The van der Waals surface area contributed by atoms with Gasteiger partial charge in [0.25, 0.3) is 0 Å². The van der Waals surface area contributed by atoms with Crippen molar-refractivity contribution in [1.29, 1.82) is 0 Å². The molecule has 0 aromatic carbocycles. The summed E-state index contributed by atoms with van der Waals surface area (Å²) in [7, 11) is -2.71. The highest BCUT2D eigenvalue weighted by atomic mass is 79.9. The van der Waals surface area contributed by atoms with Gasteiger partial charge in [0.1, 0.15) is 0 Å². The summed E-state index contributed by atoms with van der Waals surface area (Å²) in [6, 6.07) is 0.579. The van der Waals surface area contributed by atoms with Crippen molar-refractivity contribution in [1.82, 2.24) is 10.2 Å². The van der Waals surface area contributed by atoms with Crippen molar-refractivity contribution < 1.29 is 8.42 Å². The first-order valence-corrected chi connectivity index (χ1v) is 6.65. The summed E-state index contributed by atoms with van der Waals surface area (Å²) in [6.07, 6.45) is 1.17. The van der Waals surface area contributed by atoms with Gasteiger partial charge in [-0.3, -0.25) is 4.90 Å². The second-order valence-corrected chi connectivity index (χ2v) is 6.14. The van der Waals surface area contributed by atoms with E-state index in [1.807, 2.05) is 0 Å². The molecule has 1 N–H and O–H groups in total. The van der Waals surface area contributed by atoms with Gasteiger partial charge in [-0.2, -0.15) is 0 Å². The summed E-state index contributed by atoms with van der Waals surface area (Å²) in [5, 5.41) is 3.30. The Bertz CT molecular complexity index is 264. The minimum atomic E-state index is -2.71. The zero-order valence-electron chi connectivity index (χ0n) is 8.52. The van der Waals surface area contributed by atoms with Gasteiger partial charge in [0, 0.05) is 25.7 Å². The molecule has 0 aromatic heterocycles. The molecule has 15 heavy (non-hydrogen) atoms. The minimum Gasteiger partial charge on any atom is -0.315 e. The summed E-state index contributed by atoms with van der Waals surface area (Å²) in [4.78, 5) is 2.31. The van der Waals surface area contributed by atoms with Crippen LogP contribution in [-0.2, 0) is 9.84 Å². The van der Waals surface area contributed by atoms with Crippen molar-refractivity contribution in [2.24, 2.45) is 0 Å². The highest BCUT2D eigenvalue weighted by molar-refractivity contribution is 8.93. The third-order valence-corrected chi connectivity index (χ3v) is 4.54. The van der Waals surface area contributed by atoms with E-state index in [0.717, 1.165) is 26.2 Å². The van der Waals surface area contributed by atoms with Crippen molar-refractivity contribution in [3.63, 3.8) is 0 Å². The van der Waals surface area contributed by atoms with E-state index in [4.69, 9.17) is 0 Å². The van der Waals surface area contributed by atoms with Crippen molar-refractivity contribution in [3.05, 3.63) is 0 Å². The predicted molar refractivity (Wildman–Crippen MR) is 72.1 cm³/mol. The highest BCUT2D eigenvalue weighted by Gasteiger charge is 2.28. The van der Waals surface area contributed by atoms with Crippen LogP contribution in [0, 0.1) is 0 Å². The van der Waals surface area contributed by atoms with E-state index in [-0.39, 0.29) is 34.0 Å². The van der Waals surface area contributed by atoms with Gasteiger partial charge < -0.3 is 5.32 Å². The highest BCUT2D eigenvalue weighted by Crippen LogP contribution is 2.12. The zero-order valence-corrected chi connectivity index (χ0v) is 12.8. The molecule has 2 aliphatic heterocycles. The molecule has 4 nitrogen and oxygen atoms in total. The van der Waals surface area contributed by atoms with Crippen molar-refractivity contribution in [2.45, 2.75) is 12.5 Å². The molecule has 2 rings (SSSR count). The number of hydrogen-bond donors (Lipinski definition) is 1. The first-order chi connectivity index (χ1) is 6.17. The summed E-state index contributed by atoms with van der Waals surface area (Å²) in [6.45, 7) is 3.57. The number of halogens is 2. The van der Waals surface area contributed by atoms with Gasteiger partial charge >= 0.3 is 0 Å². The van der Waals surface area contributed by atoms with Gasteiger partial charge in [0.2, 0.25) is 0 Å². The molecular weight excluding hydrogens is 348 g/mol. The molecule has 0 aromatic rings. The molecule has 0 aliphatic carbocycles. The average molecular weight is 366 g/mol. The summed E-state index contributed by atoms with van der Waals surface area (Å²) >= 11 is 0. The van der Waals surface area contributed by atoms with Gasteiger partial charge in [-0.25, -0.2) is 8.42 Å². The molecule has 92 valence electrons. The van der Waals surface area contributed by atoms with Gasteiger partial charge in [-0.1, -0.05) is 0 Å². The fourth-order valence-electron chi connectivity index (χ4n) is 2.04. The van der Waals surface area contributed by atoms with Crippen LogP contribution < -0.4 is 5.32 Å². The van der Waals surface area contributed by atoms with Crippen LogP contribution in [0.5, 0.6) is 0 Å². The SMILES string of the molecule is Br.Br.O=S1(=O)CCN([C@H]2CCNC2)CC1. The number of sulfone groups is 1. The minimum absolute atomic E-state index is 0. The van der Waals surface area contributed by atoms with Gasteiger partial charge in [-0.15, -0.1) is 34.0 Å². The molecule has 2 fully saturated rings. The first kappa shape index (κ1) is 15.8. The second kappa shape index (κ2) is 6.54. The molecule has 0 spiro atoms. The Balaban J connectivity index is 0.000000980. The first-order valence-electron chi connectivity index (χ1n) is 4.82. The monoisotopic (exact) mass is 364 g/mol. The Labute approximate surface area is 112 Å². The fourth-order valence-corrected chi connectivity index (χ4v) is 3.27. The Kier molecular flexibility index (Phi) is 6.90. The molecule has 0 amide bonds. The quantitative estimate of drug-likeness (QED) is 0.722. The fraction of sp³-hybridized carbons (Fsp3) is 1.00. The second-order valence-electron chi connectivity index (χ2n) is 3.83. The number of hydrogen-bond acceptors (Lipinski definition) is 4. The van der Waals surface area contributed by atoms with E-state index in [2.05, 4.69) is 10.2 Å². The molecule has 0 bridgehead atoms. The summed E-state index contributed by atoms with van der Waals surface area (Å²) < 4.78 is 22.3. The number of nitrogens with one attached hydrogen (secondary N) is 1. The van der Waals surface area contributed by atoms with Crippen LogP contribution in [0.2, 0.25) is 0 Å². The van der Waals surface area contributed by atoms with Gasteiger partial charge in [0.05, 0.1) is 11.5 Å². The van der Waals surface area contributed by atoms with Crippen molar-refractivity contribution in [3.8, 4) is 0 Å². The molecule has 0 radical (unpaired) electrons. The Morgan fingerprint density at radius 3 is 2.20 bits per heavy atom. The zero-order chi connectivity index (χ0) is 9.31. The molecule has 2 aliphatic rings. The van der Waals surface area contributed by atoms with Crippen LogP contribution in [0.25, 0.3) is 0 Å². The summed E-state index contributed by atoms with van der Waals surface area (Å²) in [5.41, 5.74) is 0. The molecule has 2 saturated heterocycles. The number of nitrogens with zero attached hydrogens (tertiary/aromatic N) is 1. The molecular formula is C8H18Br2N2O2S. The third kappa shape index (κ3) is 4.30. The van der Waals surface area contributed by atoms with Crippen LogP contribution in [0.4, 0.5) is 0 Å². The number of rotatable bonds is 1. The maximum Gasteiger partial charge on any atom is 0.152 e. The van der Waals surface area contributed by atoms with E-state index in [9.17, 15) is 8.42 Å². The lowest BCUT2D eigenvalue weighted by Crippen LogP contribution is -2.46. The van der Waals surface area contributed by atoms with Gasteiger partial charge in [-0.05, 0) is 13.0 Å². The maximum atomic E-state index is 11.2. The third-order valence-electron chi connectivity index (χ3n) is 2.93. The van der Waals surface area contributed by atoms with Crippen LogP contribution in [-0.4, -0.2) is 57.0 Å². The normalized spacial score (nSPS) is 30.3. The van der Waals surface area contributed by atoms with Gasteiger partial charge in [0.15, 0.2) is 9.84 Å².